The highest BCUT2D eigenvalue weighted by Gasteiger charge is 2.39. The van der Waals surface area contributed by atoms with Crippen molar-refractivity contribution in [2.24, 2.45) is 0 Å². The second-order valence-electron chi connectivity index (χ2n) is 3.41. The van der Waals surface area contributed by atoms with Gasteiger partial charge in [-0.2, -0.15) is 26.3 Å². The largest absolute Gasteiger partial charge is 0.418 e. The third-order valence-electron chi connectivity index (χ3n) is 2.23. The Morgan fingerprint density at radius 3 is 1.94 bits per heavy atom. The highest BCUT2D eigenvalue weighted by molar-refractivity contribution is 9.10. The van der Waals surface area contributed by atoms with Crippen molar-refractivity contribution < 1.29 is 26.3 Å². The Morgan fingerprint density at radius 1 is 0.944 bits per heavy atom. The van der Waals surface area contributed by atoms with Crippen LogP contribution in [0.25, 0.3) is 11.0 Å². The lowest BCUT2D eigenvalue weighted by molar-refractivity contribution is -0.139. The lowest BCUT2D eigenvalue weighted by Crippen LogP contribution is -2.10. The maximum absolute atomic E-state index is 12.6. The van der Waals surface area contributed by atoms with Crippen LogP contribution in [0.15, 0.2) is 16.9 Å². The molecule has 1 aromatic carbocycles. The van der Waals surface area contributed by atoms with E-state index >= 15 is 0 Å². The molecule has 2 aromatic rings. The molecule has 2 nitrogen and oxygen atoms in total. The molecule has 1 aromatic heterocycles. The molecule has 0 aliphatic rings. The number of alkyl halides is 6. The van der Waals surface area contributed by atoms with E-state index in [0.29, 0.717) is 12.1 Å². The zero-order valence-electron chi connectivity index (χ0n) is 8.25. The third-order valence-corrected chi connectivity index (χ3v) is 2.60. The summed E-state index contributed by atoms with van der Waals surface area (Å²) in [6.07, 6.45) is -9.52. The first kappa shape index (κ1) is 13.2. The smallest absolute Gasteiger partial charge is 0.332 e. The number of hydrogen-bond donors (Lipinski definition) is 1. The summed E-state index contributed by atoms with van der Waals surface area (Å²) in [5.74, 6) is 0. The summed E-state index contributed by atoms with van der Waals surface area (Å²) in [4.78, 5) is 5.53. The fourth-order valence-electron chi connectivity index (χ4n) is 1.53. The van der Waals surface area contributed by atoms with Crippen LogP contribution in [0.4, 0.5) is 26.3 Å². The van der Waals surface area contributed by atoms with Crippen LogP contribution < -0.4 is 0 Å². The molecule has 9 heteroatoms. The molecule has 0 atom stereocenters. The van der Waals surface area contributed by atoms with E-state index in [2.05, 4.69) is 25.9 Å². The van der Waals surface area contributed by atoms with Gasteiger partial charge in [0.25, 0.3) is 0 Å². The van der Waals surface area contributed by atoms with Gasteiger partial charge >= 0.3 is 12.4 Å². The van der Waals surface area contributed by atoms with E-state index in [1.54, 1.807) is 0 Å². The highest BCUT2D eigenvalue weighted by Crippen LogP contribution is 2.40. The second kappa shape index (κ2) is 3.87. The van der Waals surface area contributed by atoms with Crippen molar-refractivity contribution in [2.45, 2.75) is 12.4 Å². The Morgan fingerprint density at radius 2 is 1.44 bits per heavy atom. The van der Waals surface area contributed by atoms with Crippen molar-refractivity contribution in [2.75, 3.05) is 0 Å². The van der Waals surface area contributed by atoms with Gasteiger partial charge in [0.2, 0.25) is 0 Å². The van der Waals surface area contributed by atoms with E-state index in [4.69, 9.17) is 0 Å². The first-order chi connectivity index (χ1) is 8.10. The number of aromatic nitrogens is 2. The predicted molar refractivity (Wildman–Crippen MR) is 53.8 cm³/mol. The van der Waals surface area contributed by atoms with Crippen LogP contribution in [0.5, 0.6) is 0 Å². The SMILES string of the molecule is FC(F)(F)c1ccc(C(F)(F)F)c2[nH]c(Br)nc12. The van der Waals surface area contributed by atoms with Crippen LogP contribution in [0, 0.1) is 0 Å². The monoisotopic (exact) mass is 332 g/mol. The van der Waals surface area contributed by atoms with Crippen LogP contribution in [0.3, 0.4) is 0 Å². The van der Waals surface area contributed by atoms with Crippen molar-refractivity contribution in [3.8, 4) is 0 Å². The number of nitrogens with zero attached hydrogens (tertiary/aromatic N) is 1. The number of H-pyrrole nitrogens is 1. The van der Waals surface area contributed by atoms with Gasteiger partial charge in [0.1, 0.15) is 5.52 Å². The summed E-state index contributed by atoms with van der Waals surface area (Å²) in [5.41, 5.74) is -3.86. The molecule has 0 aliphatic heterocycles. The molecule has 0 spiro atoms. The molecule has 98 valence electrons. The fraction of sp³-hybridized carbons (Fsp3) is 0.222. The van der Waals surface area contributed by atoms with Crippen LogP contribution in [0.1, 0.15) is 11.1 Å². The van der Waals surface area contributed by atoms with E-state index in [9.17, 15) is 26.3 Å². The second-order valence-corrected chi connectivity index (χ2v) is 4.16. The van der Waals surface area contributed by atoms with E-state index in [1.165, 1.54) is 0 Å². The number of halogens is 7. The molecule has 1 heterocycles. The molecule has 0 saturated carbocycles. The topological polar surface area (TPSA) is 28.7 Å². The van der Waals surface area contributed by atoms with Gasteiger partial charge in [-0.1, -0.05) is 0 Å². The minimum absolute atomic E-state index is 0.195. The minimum atomic E-state index is -4.77. The summed E-state index contributed by atoms with van der Waals surface area (Å²) in [6, 6.07) is 0.758. The number of fused-ring (bicyclic) bond motifs is 1. The Hall–Kier alpha value is -1.25. The molecule has 0 bridgehead atoms. The van der Waals surface area contributed by atoms with E-state index < -0.39 is 34.5 Å². The molecule has 18 heavy (non-hydrogen) atoms. The molecule has 0 unspecified atom stereocenters. The maximum Gasteiger partial charge on any atom is 0.418 e. The van der Waals surface area contributed by atoms with Crippen molar-refractivity contribution in [3.05, 3.63) is 28.0 Å². The molecule has 1 N–H and O–H groups in total. The van der Waals surface area contributed by atoms with E-state index in [-0.39, 0.29) is 4.73 Å². The van der Waals surface area contributed by atoms with Gasteiger partial charge in [-0.3, -0.25) is 0 Å². The first-order valence-corrected chi connectivity index (χ1v) is 5.22. The van der Waals surface area contributed by atoms with E-state index in [0.717, 1.165) is 0 Å². The normalized spacial score (nSPS) is 13.3. The average molecular weight is 333 g/mol. The summed E-state index contributed by atoms with van der Waals surface area (Å²) < 4.78 is 75.5. The van der Waals surface area contributed by atoms with E-state index in [1.807, 2.05) is 0 Å². The number of rotatable bonds is 0. The van der Waals surface area contributed by atoms with Crippen LogP contribution in [-0.4, -0.2) is 9.97 Å². The number of nitrogens with one attached hydrogen (secondary N) is 1. The Bertz CT molecular complexity index is 546. The van der Waals surface area contributed by atoms with Crippen molar-refractivity contribution in [1.29, 1.82) is 0 Å². The quantitative estimate of drug-likeness (QED) is 0.713. The summed E-state index contributed by atoms with van der Waals surface area (Å²) in [5, 5.41) is 0. The number of hydrogen-bond acceptors (Lipinski definition) is 1. The van der Waals surface area contributed by atoms with Crippen molar-refractivity contribution in [1.82, 2.24) is 9.97 Å². The molecule has 0 fully saturated rings. The number of aromatic amines is 1. The van der Waals surface area contributed by atoms with Crippen molar-refractivity contribution >= 4 is 27.0 Å². The average Bonchev–Trinajstić information content (AvgIpc) is 2.53. The summed E-state index contributed by atoms with van der Waals surface area (Å²) in [6.45, 7) is 0. The molecule has 0 saturated heterocycles. The standard InChI is InChI=1S/C9H3BrF6N2/c10-7-17-5-3(8(11,12)13)1-2-4(6(5)18-7)9(14,15)16/h1-2H,(H,17,18). The van der Waals surface area contributed by atoms with Gasteiger partial charge < -0.3 is 4.98 Å². The third kappa shape index (κ3) is 2.18. The lowest BCUT2D eigenvalue weighted by atomic mass is 10.1. The molecular weight excluding hydrogens is 330 g/mol. The molecule has 0 amide bonds. The van der Waals surface area contributed by atoms with Gasteiger partial charge in [-0.25, -0.2) is 4.98 Å². The van der Waals surface area contributed by atoms with Crippen LogP contribution in [0.2, 0.25) is 0 Å². The predicted octanol–water partition coefficient (Wildman–Crippen LogP) is 4.36. The lowest BCUT2D eigenvalue weighted by Gasteiger charge is -2.11. The zero-order valence-corrected chi connectivity index (χ0v) is 9.83. The van der Waals surface area contributed by atoms with Gasteiger partial charge in [0.05, 0.1) is 16.6 Å². The molecule has 0 radical (unpaired) electrons. The van der Waals surface area contributed by atoms with Gasteiger partial charge in [-0.15, -0.1) is 0 Å². The Balaban J connectivity index is 2.83. The fourth-order valence-corrected chi connectivity index (χ4v) is 1.90. The first-order valence-electron chi connectivity index (χ1n) is 4.43. The maximum atomic E-state index is 12.6. The van der Waals surface area contributed by atoms with Crippen molar-refractivity contribution in [3.63, 3.8) is 0 Å². The molecule has 2 rings (SSSR count). The molecular formula is C9H3BrF6N2. The van der Waals surface area contributed by atoms with Crippen LogP contribution >= 0.6 is 15.9 Å². The van der Waals surface area contributed by atoms with Gasteiger partial charge in [0, 0.05) is 0 Å². The minimum Gasteiger partial charge on any atom is -0.332 e. The summed E-state index contributed by atoms with van der Waals surface area (Å²) in [7, 11) is 0. The van der Waals surface area contributed by atoms with Crippen LogP contribution in [-0.2, 0) is 12.4 Å². The highest BCUT2D eigenvalue weighted by atomic mass is 79.9. The number of imidazole rings is 1. The zero-order chi connectivity index (χ0) is 13.7. The van der Waals surface area contributed by atoms with Gasteiger partial charge in [-0.05, 0) is 28.1 Å². The number of benzene rings is 1. The van der Waals surface area contributed by atoms with Gasteiger partial charge in [0.15, 0.2) is 4.73 Å². The molecule has 0 aliphatic carbocycles. The summed E-state index contributed by atoms with van der Waals surface area (Å²) >= 11 is 2.73. The Labute approximate surface area is 104 Å². The Kier molecular flexibility index (Phi) is 2.84.